The third-order valence-corrected chi connectivity index (χ3v) is 0. The molecule has 6 heavy (non-hydrogen) atoms. The molecule has 0 aromatic heterocycles. The van der Waals surface area contributed by atoms with Gasteiger partial charge in [0, 0.05) is 0 Å². The minimum absolute atomic E-state index is 0. The molecule has 0 saturated carbocycles. The molecule has 0 spiro atoms. The Morgan fingerprint density at radius 3 is 1.17 bits per heavy atom. The molecule has 0 amide bonds. The van der Waals surface area contributed by atoms with Gasteiger partial charge in [-0.1, -0.05) is 0 Å². The maximum Gasteiger partial charge on any atom is -1.00 e. The number of rotatable bonds is 0. The van der Waals surface area contributed by atoms with E-state index in [0.717, 1.165) is 0 Å². The van der Waals surface area contributed by atoms with E-state index in [1.807, 2.05) is 0 Å². The zero-order chi connectivity index (χ0) is 3.58. The van der Waals surface area contributed by atoms with Crippen LogP contribution in [0.15, 0.2) is 0 Å². The van der Waals surface area contributed by atoms with Gasteiger partial charge in [-0.05, 0) is 0 Å². The Bertz CT molecular complexity index is 16.3. The molecule has 0 aromatic carbocycles. The van der Waals surface area contributed by atoms with E-state index in [-0.39, 0.29) is 30.8 Å². The number of halogens is 2. The summed E-state index contributed by atoms with van der Waals surface area (Å²) in [5.74, 6) is -0.000000000000000222. The van der Waals surface area contributed by atoms with Gasteiger partial charge < -0.3 is 24.8 Å². The fraction of sp³-hybridized carbons (Fsp3) is 1.00. The average Bonchev–Trinajstić information content (AvgIpc) is 0.811. The predicted molar refractivity (Wildman–Crippen MR) is 18.9 cm³/mol. The van der Waals surface area contributed by atoms with Crippen molar-refractivity contribution in [2.24, 2.45) is 0 Å². The van der Waals surface area contributed by atoms with Crippen LogP contribution >= 0.6 is 0 Å². The second-order valence-corrected chi connectivity index (χ2v) is 15.9. The Hall–Kier alpha value is 1.67. The first-order valence-corrected chi connectivity index (χ1v) is 10.6. The van der Waals surface area contributed by atoms with Gasteiger partial charge in [-0.2, -0.15) is 0 Å². The molecule has 0 fully saturated rings. The zero-order valence-corrected chi connectivity index (χ0v) is 10.1. The summed E-state index contributed by atoms with van der Waals surface area (Å²) < 4.78 is 0. The third-order valence-electron chi connectivity index (χ3n) is 0. The second-order valence-electron chi connectivity index (χ2n) is 1.15. The smallest absolute Gasteiger partial charge is 1.00 e. The van der Waals surface area contributed by atoms with Crippen molar-refractivity contribution in [2.45, 2.75) is 13.1 Å². The summed E-state index contributed by atoms with van der Waals surface area (Å²) in [6, 6.07) is 0. The Morgan fingerprint density at radius 1 is 1.17 bits per heavy atom. The molecule has 37 valence electrons. The first-order chi connectivity index (χ1) is 1.73. The maximum atomic E-state index is 2.37. The van der Waals surface area contributed by atoms with Gasteiger partial charge in [-0.3, -0.25) is 0 Å². The van der Waals surface area contributed by atoms with Crippen LogP contribution in [0.3, 0.4) is 0 Å². The molecule has 0 aliphatic heterocycles. The van der Waals surface area contributed by atoms with Crippen LogP contribution in [0.25, 0.3) is 0 Å². The monoisotopic (exact) mass is 309 g/mol. The van der Waals surface area contributed by atoms with Crippen LogP contribution in [0.2, 0.25) is 13.1 Å². The quantitative estimate of drug-likeness (QED) is 0.392. The molecule has 0 rings (SSSR count). The van der Waals surface area contributed by atoms with Crippen LogP contribution in [0.4, 0.5) is 0 Å². The second kappa shape index (κ2) is 9.83. The maximum absolute atomic E-state index is 2.37. The fourth-order valence-corrected chi connectivity index (χ4v) is 0. The van der Waals surface area contributed by atoms with Gasteiger partial charge in [0.2, 0.25) is 0 Å². The molecule has 0 aliphatic carbocycles. The van der Waals surface area contributed by atoms with Gasteiger partial charge in [0.15, 0.2) is 0 Å². The molecule has 0 radical (unpaired) electrons. The van der Waals surface area contributed by atoms with Gasteiger partial charge in [0.25, 0.3) is 0 Å². The molecular formula is C2H7Cl2HfSi. The summed E-state index contributed by atoms with van der Waals surface area (Å²) in [4.78, 5) is 0. The Labute approximate surface area is 67.1 Å². The number of hydrogen-bond acceptors (Lipinski definition) is 0. The van der Waals surface area contributed by atoms with Crippen LogP contribution in [0.1, 0.15) is 0 Å². The van der Waals surface area contributed by atoms with E-state index >= 15 is 0 Å². The molecule has 0 nitrogen and oxygen atoms in total. The fourth-order valence-electron chi connectivity index (χ4n) is 0. The van der Waals surface area contributed by atoms with Crippen LogP contribution in [-0.2, 0) is 23.5 Å². The summed E-state index contributed by atoms with van der Waals surface area (Å²) in [5, 5.41) is 0. The van der Waals surface area contributed by atoms with E-state index in [4.69, 9.17) is 0 Å². The van der Waals surface area contributed by atoms with Crippen molar-refractivity contribution >= 4 is 5.98 Å². The van der Waals surface area contributed by atoms with E-state index < -0.39 is 0 Å². The summed E-state index contributed by atoms with van der Waals surface area (Å²) in [6.45, 7) is 4.73. The third kappa shape index (κ3) is 44.4. The first-order valence-electron chi connectivity index (χ1n) is 1.44. The first kappa shape index (κ1) is 15.6. The largest absolute Gasteiger partial charge is 1.00 e. The molecule has 0 atom stereocenters. The van der Waals surface area contributed by atoms with Crippen LogP contribution in [0.5, 0.6) is 0 Å². The molecule has 0 saturated heterocycles. The van der Waals surface area contributed by atoms with Crippen molar-refractivity contribution in [1.29, 1.82) is 0 Å². The summed E-state index contributed by atoms with van der Waals surface area (Å²) >= 11 is 1.49. The van der Waals surface area contributed by atoms with E-state index in [0.29, 0.717) is 0 Å². The molecule has 0 aromatic rings. The van der Waals surface area contributed by atoms with Crippen molar-refractivity contribution in [3.63, 3.8) is 0 Å². The molecule has 0 heterocycles. The molecule has 4 heteroatoms. The Kier molecular flexibility index (Phi) is 25.6. The summed E-state index contributed by atoms with van der Waals surface area (Å²) in [6.07, 6.45) is 0. The predicted octanol–water partition coefficient (Wildman–Crippen LogP) is -5.48. The van der Waals surface area contributed by atoms with E-state index in [9.17, 15) is 0 Å². The summed E-state index contributed by atoms with van der Waals surface area (Å²) in [7, 11) is 0. The van der Waals surface area contributed by atoms with E-state index in [1.54, 1.807) is 0 Å². The van der Waals surface area contributed by atoms with Crippen molar-refractivity contribution < 1.29 is 48.4 Å². The molecule has 0 unspecified atom stereocenters. The zero-order valence-electron chi connectivity index (χ0n) is 3.83. The van der Waals surface area contributed by atoms with Crippen LogP contribution < -0.4 is 24.8 Å². The van der Waals surface area contributed by atoms with Gasteiger partial charge in [0.1, 0.15) is 0 Å². The molecule has 0 N–H and O–H groups in total. The van der Waals surface area contributed by atoms with Crippen LogP contribution in [-0.4, -0.2) is 5.98 Å². The average molecular weight is 309 g/mol. The molecule has 0 aliphatic rings. The standard InChI is InChI=1S/C2H7Si.2ClH.Hf/c1-3-2;;;/h3H,1-2H3;2*1H;/q;;;+2/p-2. The number of hydrogen-bond donors (Lipinski definition) is 0. The Morgan fingerprint density at radius 2 is 1.17 bits per heavy atom. The minimum Gasteiger partial charge on any atom is -1.00 e. The van der Waals surface area contributed by atoms with Crippen molar-refractivity contribution in [1.82, 2.24) is 0 Å². The Balaban J connectivity index is -0.0000000450. The minimum atomic E-state index is -0.000000000000000222. The molecular weight excluding hydrogens is 302 g/mol. The van der Waals surface area contributed by atoms with Crippen molar-refractivity contribution in [2.75, 3.05) is 0 Å². The summed E-state index contributed by atoms with van der Waals surface area (Å²) in [5.41, 5.74) is 0. The van der Waals surface area contributed by atoms with Crippen molar-refractivity contribution in [3.05, 3.63) is 0 Å². The normalized spacial score (nSPS) is 6.17. The molecule has 0 bridgehead atoms. The van der Waals surface area contributed by atoms with Gasteiger partial charge in [-0.15, -0.1) is 0 Å². The topological polar surface area (TPSA) is 0 Å². The van der Waals surface area contributed by atoms with Crippen molar-refractivity contribution in [3.8, 4) is 0 Å². The van der Waals surface area contributed by atoms with E-state index in [1.165, 1.54) is 23.5 Å². The van der Waals surface area contributed by atoms with Crippen LogP contribution in [0, 0.1) is 0 Å². The SMILES string of the molecule is C[SiH](C)[Hf+2].[Cl-].[Cl-]. The van der Waals surface area contributed by atoms with Gasteiger partial charge in [0.05, 0.1) is 0 Å². The van der Waals surface area contributed by atoms with E-state index in [2.05, 4.69) is 13.1 Å². The van der Waals surface area contributed by atoms with Gasteiger partial charge >= 0.3 is 42.6 Å². The van der Waals surface area contributed by atoms with Gasteiger partial charge in [-0.25, -0.2) is 0 Å².